The maximum absolute atomic E-state index is 5.03. The van der Waals surface area contributed by atoms with Gasteiger partial charge in [-0.25, -0.2) is 0 Å². The molecule has 0 nitrogen and oxygen atoms in total. The van der Waals surface area contributed by atoms with Crippen LogP contribution in [0, 0.1) is 0 Å². The van der Waals surface area contributed by atoms with Crippen molar-refractivity contribution < 1.29 is 11.5 Å². The molecule has 0 radical (unpaired) electrons. The number of halogens is 4. The Bertz CT molecular complexity index is 1280. The van der Waals surface area contributed by atoms with Gasteiger partial charge in [-0.2, -0.15) is 0 Å². The van der Waals surface area contributed by atoms with Gasteiger partial charge in [-0.15, -0.1) is 0 Å². The molecule has 0 aliphatic rings. The van der Waals surface area contributed by atoms with Crippen LogP contribution >= 0.6 is 54.0 Å². The summed E-state index contributed by atoms with van der Waals surface area (Å²) in [6, 6.07) is 65.0. The number of hydrogen-bond acceptors (Lipinski definition) is 0. The number of benzene rings is 6. The zero-order valence-corrected chi connectivity index (χ0v) is 30.9. The van der Waals surface area contributed by atoms with E-state index in [4.69, 9.17) is 38.1 Å². The zero-order chi connectivity index (χ0) is 30.3. The minimum absolute atomic E-state index is 0.877. The third-order valence-electron chi connectivity index (χ3n) is 6.37. The molecule has 0 amide bonds. The van der Waals surface area contributed by atoms with Crippen molar-refractivity contribution in [2.75, 3.05) is 0 Å². The van der Waals surface area contributed by atoms with Crippen LogP contribution in [-0.4, -0.2) is 0 Å². The van der Waals surface area contributed by atoms with Crippen LogP contribution in [0.1, 0.15) is 0 Å². The van der Waals surface area contributed by atoms with E-state index < -0.39 is 27.3 Å². The molecule has 0 saturated carbocycles. The molecule has 219 valence electrons. The van der Waals surface area contributed by atoms with E-state index >= 15 is 0 Å². The normalized spacial score (nSPS) is 11.1. The second-order valence-electron chi connectivity index (χ2n) is 9.27. The molecule has 43 heavy (non-hydrogen) atoms. The third kappa shape index (κ3) is 11.8. The molecule has 0 aliphatic carbocycles. The van der Waals surface area contributed by atoms with Gasteiger partial charge in [0.1, 0.15) is 31.8 Å². The monoisotopic (exact) mass is 853 g/mol. The van der Waals surface area contributed by atoms with E-state index in [0.29, 0.717) is 0 Å². The van der Waals surface area contributed by atoms with Gasteiger partial charge in [-0.1, -0.05) is 109 Å². The summed E-state index contributed by atoms with van der Waals surface area (Å²) in [6.45, 7) is 0. The van der Waals surface area contributed by atoms with Crippen molar-refractivity contribution in [2.45, 2.75) is 0 Å². The molecule has 0 fully saturated rings. The average Bonchev–Trinajstić information content (AvgIpc) is 3.04. The van der Waals surface area contributed by atoms with Gasteiger partial charge in [0.25, 0.3) is 0 Å². The predicted molar refractivity (Wildman–Crippen MR) is 196 cm³/mol. The van der Waals surface area contributed by atoms with Gasteiger partial charge in [0, 0.05) is 0 Å². The molecule has 0 saturated heterocycles. The van der Waals surface area contributed by atoms with E-state index in [1.807, 2.05) is 0 Å². The van der Waals surface area contributed by atoms with Gasteiger partial charge >= 0.3 is 49.6 Å². The molecule has 7 heteroatoms. The van der Waals surface area contributed by atoms with E-state index in [0.717, 1.165) is 0 Å². The fourth-order valence-electron chi connectivity index (χ4n) is 4.63. The molecule has 6 aromatic carbocycles. The maximum Gasteiger partial charge on any atom is 0.102 e. The van der Waals surface area contributed by atoms with Gasteiger partial charge in [0.15, 0.2) is 0 Å². The molecule has 0 spiro atoms. The Morgan fingerprint density at radius 2 is 0.372 bits per heavy atom. The van der Waals surface area contributed by atoms with Gasteiger partial charge in [-0.05, 0) is 72.8 Å². The van der Waals surface area contributed by atoms with Crippen LogP contribution in [-0.2, 0) is 11.5 Å². The first kappa shape index (κ1) is 33.9. The molecule has 6 aromatic rings. The van der Waals surface area contributed by atoms with Crippen molar-refractivity contribution in [3.63, 3.8) is 0 Å². The maximum atomic E-state index is 5.03. The molecule has 0 N–H and O–H groups in total. The molecule has 0 heterocycles. The first-order chi connectivity index (χ1) is 20.9. The summed E-state index contributed by atoms with van der Waals surface area (Å²) < 4.78 is 0. The Morgan fingerprint density at radius 3 is 0.488 bits per heavy atom. The van der Waals surface area contributed by atoms with Crippen LogP contribution in [0.4, 0.5) is 0 Å². The quantitative estimate of drug-likeness (QED) is 0.147. The van der Waals surface area contributed by atoms with Gasteiger partial charge in [0.05, 0.1) is 15.8 Å². The standard InChI is InChI=1S/2C18H15P.4ClH.Re/c2*1-4-10-16(11-5-1)19(17-12-6-2-7-13-17)18-14-8-3-9-15-18;;;;;/h2*1-15H;4*1H;/q;;;;;;+4/p-2. The van der Waals surface area contributed by atoms with Crippen LogP contribution in [0.5, 0.6) is 0 Å². The zero-order valence-electron chi connectivity index (χ0n) is 23.2. The summed E-state index contributed by atoms with van der Waals surface area (Å²) in [4.78, 5) is 0. The molecule has 0 atom stereocenters. The Hall–Kier alpha value is -2.00. The summed E-state index contributed by atoms with van der Waals surface area (Å²) in [5, 5.41) is 8.61. The molecular weight excluding hydrogens is 822 g/mol. The smallest absolute Gasteiger partial charge is 0.0620 e. The molecule has 0 bridgehead atoms. The minimum atomic E-state index is -3.22. The molecular formula is C36H32Cl4P2Re+2. The van der Waals surface area contributed by atoms with Crippen molar-refractivity contribution in [3.8, 4) is 0 Å². The topological polar surface area (TPSA) is 0 Å². The second-order valence-corrected chi connectivity index (χ2v) is 37.8. The Kier molecular flexibility index (Phi) is 14.3. The van der Waals surface area contributed by atoms with E-state index in [9.17, 15) is 0 Å². The first-order valence-electron chi connectivity index (χ1n) is 13.5. The fraction of sp³-hybridized carbons (Fsp3) is 0. The number of hydrogen-bond donors (Lipinski definition) is 0. The Balaban J connectivity index is 0.000000171. The SMILES string of the molecule is [Cl][Re]([Cl])([Cl])[Cl].c1ccc([PH+](c2ccccc2)c2ccccc2)cc1.c1ccc([PH+](c2ccccc2)c2ccccc2)cc1. The van der Waals surface area contributed by atoms with E-state index in [1.165, 1.54) is 31.8 Å². The number of rotatable bonds is 6. The second kappa shape index (κ2) is 18.1. The molecule has 0 aliphatic heterocycles. The van der Waals surface area contributed by atoms with Crippen molar-refractivity contribution >= 4 is 85.8 Å². The summed E-state index contributed by atoms with van der Waals surface area (Å²) in [6.07, 6.45) is 0. The molecule has 0 unspecified atom stereocenters. The predicted octanol–water partition coefficient (Wildman–Crippen LogP) is 9.11. The van der Waals surface area contributed by atoms with E-state index in [-0.39, 0.29) is 0 Å². The van der Waals surface area contributed by atoms with E-state index in [1.54, 1.807) is 0 Å². The van der Waals surface area contributed by atoms with E-state index in [2.05, 4.69) is 182 Å². The van der Waals surface area contributed by atoms with Gasteiger partial charge < -0.3 is 0 Å². The molecule has 6 rings (SSSR count). The summed E-state index contributed by atoms with van der Waals surface area (Å²) in [5.74, 6) is 0. The summed E-state index contributed by atoms with van der Waals surface area (Å²) >= 11 is -3.22. The average molecular weight is 855 g/mol. The fourth-order valence-corrected chi connectivity index (χ4v) is 9.78. The Morgan fingerprint density at radius 1 is 0.256 bits per heavy atom. The van der Waals surface area contributed by atoms with Crippen molar-refractivity contribution in [1.82, 2.24) is 0 Å². The molecule has 0 aromatic heterocycles. The van der Waals surface area contributed by atoms with Crippen LogP contribution < -0.4 is 31.8 Å². The summed E-state index contributed by atoms with van der Waals surface area (Å²) in [5.41, 5.74) is 0. The van der Waals surface area contributed by atoms with Crippen molar-refractivity contribution in [1.29, 1.82) is 0 Å². The Labute approximate surface area is 277 Å². The van der Waals surface area contributed by atoms with Crippen molar-refractivity contribution in [3.05, 3.63) is 182 Å². The third-order valence-corrected chi connectivity index (χ3v) is 11.8. The summed E-state index contributed by atoms with van der Waals surface area (Å²) in [7, 11) is 18.4. The van der Waals surface area contributed by atoms with Gasteiger partial charge in [-0.3, -0.25) is 0 Å². The van der Waals surface area contributed by atoms with Crippen LogP contribution in [0.25, 0.3) is 0 Å². The largest absolute Gasteiger partial charge is 0.102 e. The first-order valence-corrected chi connectivity index (χ1v) is 30.0. The van der Waals surface area contributed by atoms with Crippen LogP contribution in [0.2, 0.25) is 0 Å². The van der Waals surface area contributed by atoms with Crippen molar-refractivity contribution in [2.24, 2.45) is 0 Å². The van der Waals surface area contributed by atoms with Crippen LogP contribution in [0.15, 0.2) is 182 Å². The minimum Gasteiger partial charge on any atom is -0.0620 e. The van der Waals surface area contributed by atoms with Crippen LogP contribution in [0.3, 0.4) is 0 Å². The van der Waals surface area contributed by atoms with Gasteiger partial charge in [0.2, 0.25) is 0 Å².